The quantitative estimate of drug-likeness (QED) is 0.770. The molecule has 0 unspecified atom stereocenters. The topological polar surface area (TPSA) is 49.6 Å². The molecule has 1 aliphatic rings. The van der Waals surface area contributed by atoms with E-state index in [9.17, 15) is 9.18 Å². The highest BCUT2D eigenvalue weighted by atomic mass is 19.1. The molecule has 0 radical (unpaired) electrons. The Hall–Kier alpha value is -1.62. The van der Waals surface area contributed by atoms with Crippen LogP contribution in [0, 0.1) is 5.82 Å². The zero-order chi connectivity index (χ0) is 12.4. The molecule has 0 aromatic heterocycles. The lowest BCUT2D eigenvalue weighted by molar-refractivity contribution is -0.134. The molecule has 5 heteroatoms. The summed E-state index contributed by atoms with van der Waals surface area (Å²) in [5, 5.41) is 0. The molecule has 0 aliphatic carbocycles. The van der Waals surface area contributed by atoms with E-state index in [4.69, 9.17) is 5.73 Å². The van der Waals surface area contributed by atoms with Crippen LogP contribution in [0.3, 0.4) is 0 Å². The number of likely N-dealkylation sites (N-methyl/N-ethyl adjacent to an activating group) is 1. The number of hydrogen-bond donors (Lipinski definition) is 1. The fraction of sp³-hybridized carbons (Fsp3) is 0.417. The molecule has 4 nitrogen and oxygen atoms in total. The fourth-order valence-corrected chi connectivity index (χ4v) is 1.91. The summed E-state index contributed by atoms with van der Waals surface area (Å²) in [5.74, 6) is -0.248. The highest BCUT2D eigenvalue weighted by molar-refractivity contribution is 5.78. The average molecular weight is 237 g/mol. The van der Waals surface area contributed by atoms with Gasteiger partial charge in [0.25, 0.3) is 0 Å². The van der Waals surface area contributed by atoms with Crippen LogP contribution in [-0.2, 0) is 11.3 Å². The molecule has 2 N–H and O–H groups in total. The molecular formula is C12H16FN3O. The minimum atomic E-state index is -0.309. The van der Waals surface area contributed by atoms with Gasteiger partial charge in [-0.2, -0.15) is 0 Å². The van der Waals surface area contributed by atoms with Crippen molar-refractivity contribution in [3.63, 3.8) is 0 Å². The van der Waals surface area contributed by atoms with Crippen molar-refractivity contribution in [2.75, 3.05) is 32.4 Å². The predicted octanol–water partition coefficient (Wildman–Crippen LogP) is 0.682. The SMILES string of the molecule is CN1CCN(Cc2c(N)cccc2F)CC1=O. The molecule has 2 rings (SSSR count). The highest BCUT2D eigenvalue weighted by Crippen LogP contribution is 2.18. The number of benzene rings is 1. The van der Waals surface area contributed by atoms with Gasteiger partial charge in [-0.15, -0.1) is 0 Å². The third-order valence-corrected chi connectivity index (χ3v) is 3.07. The normalized spacial score (nSPS) is 17.5. The Balaban J connectivity index is 2.09. The van der Waals surface area contributed by atoms with Crippen LogP contribution >= 0.6 is 0 Å². The number of hydrogen-bond acceptors (Lipinski definition) is 3. The maximum absolute atomic E-state index is 13.6. The molecule has 0 bridgehead atoms. The molecule has 1 aliphatic heterocycles. The molecule has 17 heavy (non-hydrogen) atoms. The second-order valence-corrected chi connectivity index (χ2v) is 4.33. The number of halogens is 1. The Kier molecular flexibility index (Phi) is 3.28. The van der Waals surface area contributed by atoms with Crippen molar-refractivity contribution in [1.82, 2.24) is 9.80 Å². The summed E-state index contributed by atoms with van der Waals surface area (Å²) in [6, 6.07) is 4.66. The second kappa shape index (κ2) is 4.71. The lowest BCUT2D eigenvalue weighted by Gasteiger charge is -2.32. The number of carbonyl (C=O) groups excluding carboxylic acids is 1. The predicted molar refractivity (Wildman–Crippen MR) is 63.7 cm³/mol. The number of nitrogen functional groups attached to an aromatic ring is 1. The number of amides is 1. The van der Waals surface area contributed by atoms with Gasteiger partial charge < -0.3 is 10.6 Å². The fourth-order valence-electron chi connectivity index (χ4n) is 1.91. The Morgan fingerprint density at radius 2 is 2.18 bits per heavy atom. The van der Waals surface area contributed by atoms with E-state index in [2.05, 4.69) is 0 Å². The summed E-state index contributed by atoms with van der Waals surface area (Å²) in [4.78, 5) is 15.1. The summed E-state index contributed by atoms with van der Waals surface area (Å²) in [5.41, 5.74) is 6.66. The summed E-state index contributed by atoms with van der Waals surface area (Å²) in [7, 11) is 1.77. The lowest BCUT2D eigenvalue weighted by atomic mass is 10.1. The molecular weight excluding hydrogens is 221 g/mol. The first-order valence-electron chi connectivity index (χ1n) is 5.57. The molecule has 92 valence electrons. The van der Waals surface area contributed by atoms with Gasteiger partial charge in [0.05, 0.1) is 6.54 Å². The van der Waals surface area contributed by atoms with Crippen molar-refractivity contribution in [2.24, 2.45) is 0 Å². The molecule has 0 atom stereocenters. The van der Waals surface area contributed by atoms with Crippen molar-refractivity contribution in [3.05, 3.63) is 29.6 Å². The molecule has 1 saturated heterocycles. The largest absolute Gasteiger partial charge is 0.398 e. The van der Waals surface area contributed by atoms with Gasteiger partial charge in [-0.3, -0.25) is 9.69 Å². The van der Waals surface area contributed by atoms with Crippen LogP contribution in [0.15, 0.2) is 18.2 Å². The van der Waals surface area contributed by atoms with E-state index in [1.54, 1.807) is 24.1 Å². The Morgan fingerprint density at radius 1 is 1.41 bits per heavy atom. The number of piperazine rings is 1. The van der Waals surface area contributed by atoms with Crippen molar-refractivity contribution in [3.8, 4) is 0 Å². The third kappa shape index (κ3) is 2.55. The zero-order valence-corrected chi connectivity index (χ0v) is 9.82. The van der Waals surface area contributed by atoms with Crippen LogP contribution in [0.2, 0.25) is 0 Å². The summed E-state index contributed by atoms with van der Waals surface area (Å²) in [6.07, 6.45) is 0. The second-order valence-electron chi connectivity index (χ2n) is 4.33. The van der Waals surface area contributed by atoms with Gasteiger partial charge in [0.1, 0.15) is 5.82 Å². The summed E-state index contributed by atoms with van der Waals surface area (Å²) >= 11 is 0. The Morgan fingerprint density at radius 3 is 2.82 bits per heavy atom. The molecule has 1 fully saturated rings. The lowest BCUT2D eigenvalue weighted by Crippen LogP contribution is -2.48. The number of anilines is 1. The van der Waals surface area contributed by atoms with Gasteiger partial charge in [-0.05, 0) is 12.1 Å². The highest BCUT2D eigenvalue weighted by Gasteiger charge is 2.22. The van der Waals surface area contributed by atoms with E-state index in [1.165, 1.54) is 6.07 Å². The van der Waals surface area contributed by atoms with Gasteiger partial charge in [-0.1, -0.05) is 6.07 Å². The van der Waals surface area contributed by atoms with E-state index in [-0.39, 0.29) is 11.7 Å². The standard InChI is InChI=1S/C12H16FN3O/c1-15-5-6-16(8-12(15)17)7-9-10(13)3-2-4-11(9)14/h2-4H,5-8,14H2,1H3. The summed E-state index contributed by atoms with van der Waals surface area (Å²) < 4.78 is 13.6. The van der Waals surface area contributed by atoms with E-state index < -0.39 is 0 Å². The van der Waals surface area contributed by atoms with Gasteiger partial charge in [0, 0.05) is 37.9 Å². The molecule has 1 amide bonds. The maximum atomic E-state index is 13.6. The third-order valence-electron chi connectivity index (χ3n) is 3.07. The van der Waals surface area contributed by atoms with Gasteiger partial charge >= 0.3 is 0 Å². The molecule has 0 spiro atoms. The van der Waals surface area contributed by atoms with Crippen LogP contribution < -0.4 is 5.73 Å². The first-order chi connectivity index (χ1) is 8.08. The van der Waals surface area contributed by atoms with E-state index in [1.807, 2.05) is 4.90 Å². The van der Waals surface area contributed by atoms with Crippen LogP contribution in [0.4, 0.5) is 10.1 Å². The van der Waals surface area contributed by atoms with Crippen LogP contribution in [0.5, 0.6) is 0 Å². The maximum Gasteiger partial charge on any atom is 0.236 e. The van der Waals surface area contributed by atoms with E-state index in [0.717, 1.165) is 6.54 Å². The molecule has 1 aromatic carbocycles. The Bertz CT molecular complexity index is 416. The van der Waals surface area contributed by atoms with Crippen LogP contribution in [0.1, 0.15) is 5.56 Å². The van der Waals surface area contributed by atoms with E-state index >= 15 is 0 Å². The number of rotatable bonds is 2. The van der Waals surface area contributed by atoms with Gasteiger partial charge in [0.2, 0.25) is 5.91 Å². The molecule has 1 aromatic rings. The average Bonchev–Trinajstić information content (AvgIpc) is 2.28. The summed E-state index contributed by atoms with van der Waals surface area (Å²) in [6.45, 7) is 2.13. The first-order valence-corrected chi connectivity index (χ1v) is 5.57. The van der Waals surface area contributed by atoms with Crippen LogP contribution in [0.25, 0.3) is 0 Å². The number of nitrogens with zero attached hydrogens (tertiary/aromatic N) is 2. The van der Waals surface area contributed by atoms with E-state index in [0.29, 0.717) is 30.9 Å². The van der Waals surface area contributed by atoms with Crippen molar-refractivity contribution >= 4 is 11.6 Å². The minimum absolute atomic E-state index is 0.0613. The Labute approximate surface area is 99.8 Å². The number of carbonyl (C=O) groups is 1. The smallest absolute Gasteiger partial charge is 0.236 e. The molecule has 1 heterocycles. The van der Waals surface area contributed by atoms with Crippen LogP contribution in [-0.4, -0.2) is 42.4 Å². The van der Waals surface area contributed by atoms with Crippen molar-refractivity contribution in [2.45, 2.75) is 6.54 Å². The van der Waals surface area contributed by atoms with Crippen molar-refractivity contribution in [1.29, 1.82) is 0 Å². The van der Waals surface area contributed by atoms with Gasteiger partial charge in [0.15, 0.2) is 0 Å². The number of nitrogens with two attached hydrogens (primary N) is 1. The van der Waals surface area contributed by atoms with Crippen molar-refractivity contribution < 1.29 is 9.18 Å². The monoisotopic (exact) mass is 237 g/mol. The molecule has 0 saturated carbocycles. The first kappa shape index (κ1) is 11.9. The minimum Gasteiger partial charge on any atom is -0.398 e. The van der Waals surface area contributed by atoms with Gasteiger partial charge in [-0.25, -0.2) is 4.39 Å². The zero-order valence-electron chi connectivity index (χ0n) is 9.82.